The number of ketones is 1. The van der Waals surface area contributed by atoms with E-state index >= 15 is 0 Å². The average molecular weight is 331 g/mol. The number of nitrogens with zero attached hydrogens (tertiary/aromatic N) is 1. The van der Waals surface area contributed by atoms with E-state index in [0.717, 1.165) is 17.4 Å². The quantitative estimate of drug-likeness (QED) is 0.782. The van der Waals surface area contributed by atoms with Crippen molar-refractivity contribution in [1.29, 1.82) is 0 Å². The summed E-state index contributed by atoms with van der Waals surface area (Å²) in [5.41, 5.74) is 1.27. The van der Waals surface area contributed by atoms with Gasteiger partial charge in [-0.05, 0) is 31.0 Å². The molecule has 18 heavy (non-hydrogen) atoms. The highest BCUT2D eigenvalue weighted by Gasteiger charge is 2.38. The molecule has 2 aliphatic rings. The molecule has 2 saturated heterocycles. The first-order valence-electron chi connectivity index (χ1n) is 6.27. The summed E-state index contributed by atoms with van der Waals surface area (Å²) in [6.07, 6.45) is 3.87. The molecule has 98 valence electrons. The summed E-state index contributed by atoms with van der Waals surface area (Å²) in [4.78, 5) is 14.4. The van der Waals surface area contributed by atoms with Crippen molar-refractivity contribution in [1.82, 2.24) is 4.90 Å². The highest BCUT2D eigenvalue weighted by atomic mass is 79.9. The van der Waals surface area contributed by atoms with Crippen LogP contribution in [0.3, 0.4) is 0 Å². The van der Waals surface area contributed by atoms with Crippen LogP contribution in [0.1, 0.15) is 37.3 Å². The molecule has 3 rings (SSSR count). The Balaban J connectivity index is 0.00000120. The summed E-state index contributed by atoms with van der Waals surface area (Å²) in [6.45, 7) is 1.14. The number of hydrogen-bond donors (Lipinski definition) is 0. The molecule has 0 spiro atoms. The van der Waals surface area contributed by atoms with Gasteiger partial charge in [-0.2, -0.15) is 0 Å². The number of carbonyl (C=O) groups excluding carboxylic acids is 1. The number of rotatable bonds is 1. The molecule has 0 bridgehead atoms. The van der Waals surface area contributed by atoms with Crippen LogP contribution in [0.4, 0.5) is 0 Å². The third-order valence-corrected chi connectivity index (χ3v) is 4.69. The van der Waals surface area contributed by atoms with Crippen LogP contribution >= 0.6 is 28.3 Å². The minimum atomic E-state index is 0. The van der Waals surface area contributed by atoms with E-state index in [2.05, 4.69) is 39.0 Å². The molecule has 0 saturated carbocycles. The Morgan fingerprint density at radius 2 is 2.00 bits per heavy atom. The summed E-state index contributed by atoms with van der Waals surface area (Å²) in [5.74, 6) is 0.425. The molecule has 0 N–H and O–H groups in total. The van der Waals surface area contributed by atoms with Crippen LogP contribution in [0, 0.1) is 0 Å². The summed E-state index contributed by atoms with van der Waals surface area (Å²) in [5, 5.41) is 0. The van der Waals surface area contributed by atoms with Crippen molar-refractivity contribution < 1.29 is 4.79 Å². The fraction of sp³-hybridized carbons (Fsp3) is 0.500. The van der Waals surface area contributed by atoms with Crippen molar-refractivity contribution in [2.75, 3.05) is 6.54 Å². The second-order valence-corrected chi connectivity index (χ2v) is 5.87. The van der Waals surface area contributed by atoms with E-state index in [1.165, 1.54) is 18.4 Å². The monoisotopic (exact) mass is 329 g/mol. The van der Waals surface area contributed by atoms with Gasteiger partial charge in [0.15, 0.2) is 0 Å². The smallest absolute Gasteiger partial charge is 0.136 e. The summed E-state index contributed by atoms with van der Waals surface area (Å²) < 4.78 is 1.13. The Kier molecular flexibility index (Phi) is 4.46. The topological polar surface area (TPSA) is 20.3 Å². The number of halogens is 2. The van der Waals surface area contributed by atoms with Crippen molar-refractivity contribution in [3.63, 3.8) is 0 Å². The number of hydrogen-bond acceptors (Lipinski definition) is 2. The van der Waals surface area contributed by atoms with Gasteiger partial charge in [-0.25, -0.2) is 0 Å². The lowest BCUT2D eigenvalue weighted by atomic mass is 9.91. The van der Waals surface area contributed by atoms with Crippen molar-refractivity contribution in [2.45, 2.75) is 37.8 Å². The summed E-state index contributed by atoms with van der Waals surface area (Å²) in [6, 6.07) is 9.08. The van der Waals surface area contributed by atoms with Gasteiger partial charge >= 0.3 is 0 Å². The molecule has 2 nitrogen and oxygen atoms in total. The lowest BCUT2D eigenvalue weighted by Gasteiger charge is -2.37. The number of Topliss-reactive ketones (excluding diaryl/α,β-unsaturated/α-hetero) is 1. The molecule has 2 aliphatic heterocycles. The van der Waals surface area contributed by atoms with Crippen molar-refractivity contribution >= 4 is 34.1 Å². The van der Waals surface area contributed by atoms with Crippen molar-refractivity contribution in [3.05, 3.63) is 34.3 Å². The van der Waals surface area contributed by atoms with Gasteiger partial charge < -0.3 is 0 Å². The SMILES string of the molecule is Cl.O=C1C[C@@H]2CCCN2[C@@H](c2ccccc2Br)C1. The molecular weight excluding hydrogens is 314 g/mol. The van der Waals surface area contributed by atoms with Crippen molar-refractivity contribution in [3.8, 4) is 0 Å². The Labute approximate surface area is 122 Å². The van der Waals surface area contributed by atoms with Crippen LogP contribution in [-0.4, -0.2) is 23.3 Å². The summed E-state index contributed by atoms with van der Waals surface area (Å²) >= 11 is 3.61. The minimum Gasteiger partial charge on any atom is -0.300 e. The van der Waals surface area contributed by atoms with Gasteiger partial charge in [-0.3, -0.25) is 9.69 Å². The predicted molar refractivity (Wildman–Crippen MR) is 78.1 cm³/mol. The predicted octanol–water partition coefficient (Wildman–Crippen LogP) is 3.74. The molecule has 1 aromatic carbocycles. The third kappa shape index (κ3) is 2.49. The molecule has 2 fully saturated rings. The maximum Gasteiger partial charge on any atom is 0.136 e. The number of fused-ring (bicyclic) bond motifs is 1. The van der Waals surface area contributed by atoms with Crippen LogP contribution < -0.4 is 0 Å². The first-order chi connectivity index (χ1) is 8.25. The van der Waals surface area contributed by atoms with Gasteiger partial charge in [0.05, 0.1) is 0 Å². The molecule has 0 radical (unpaired) electrons. The third-order valence-electron chi connectivity index (χ3n) is 3.97. The van der Waals surface area contributed by atoms with E-state index in [4.69, 9.17) is 0 Å². The van der Waals surface area contributed by atoms with Gasteiger partial charge in [0.25, 0.3) is 0 Å². The Hall–Kier alpha value is -0.380. The second kappa shape index (κ2) is 5.72. The average Bonchev–Trinajstić information content (AvgIpc) is 2.76. The molecule has 4 heteroatoms. The van der Waals surface area contributed by atoms with Crippen LogP contribution in [-0.2, 0) is 4.79 Å². The molecule has 0 amide bonds. The second-order valence-electron chi connectivity index (χ2n) is 5.02. The molecule has 1 aromatic rings. The highest BCUT2D eigenvalue weighted by Crippen LogP contribution is 2.40. The number of piperidine rings is 1. The fourth-order valence-electron chi connectivity index (χ4n) is 3.20. The van der Waals surface area contributed by atoms with Gasteiger partial charge in [0, 0.05) is 29.4 Å². The lowest BCUT2D eigenvalue weighted by molar-refractivity contribution is -0.124. The van der Waals surface area contributed by atoms with Crippen LogP contribution in [0.2, 0.25) is 0 Å². The molecule has 2 heterocycles. The molecule has 0 aliphatic carbocycles. The highest BCUT2D eigenvalue weighted by molar-refractivity contribution is 9.10. The van der Waals surface area contributed by atoms with Crippen LogP contribution in [0.5, 0.6) is 0 Å². The van der Waals surface area contributed by atoms with Gasteiger partial charge in [-0.1, -0.05) is 34.1 Å². The maximum absolute atomic E-state index is 11.9. The largest absolute Gasteiger partial charge is 0.300 e. The van der Waals surface area contributed by atoms with E-state index < -0.39 is 0 Å². The first kappa shape index (κ1) is 14.0. The summed E-state index contributed by atoms with van der Waals surface area (Å²) in [7, 11) is 0. The van der Waals surface area contributed by atoms with Crippen LogP contribution in [0.25, 0.3) is 0 Å². The van der Waals surface area contributed by atoms with E-state index in [1.54, 1.807) is 0 Å². The Morgan fingerprint density at radius 3 is 2.78 bits per heavy atom. The zero-order valence-corrected chi connectivity index (χ0v) is 12.5. The standard InChI is InChI=1S/C14H16BrNO.ClH/c15-13-6-2-1-5-12(13)14-9-11(17)8-10-4-3-7-16(10)14;/h1-2,5-6,10,14H,3-4,7-9H2;1H/t10-,14+;/m0./s1. The maximum atomic E-state index is 11.9. The van der Waals surface area contributed by atoms with Gasteiger partial charge in [0.2, 0.25) is 0 Å². The lowest BCUT2D eigenvalue weighted by Crippen LogP contribution is -2.40. The zero-order valence-electron chi connectivity index (χ0n) is 10.1. The molecule has 2 atom stereocenters. The van der Waals surface area contributed by atoms with E-state index in [0.29, 0.717) is 24.3 Å². The van der Waals surface area contributed by atoms with Crippen molar-refractivity contribution in [2.24, 2.45) is 0 Å². The van der Waals surface area contributed by atoms with Crippen LogP contribution in [0.15, 0.2) is 28.7 Å². The normalized spacial score (nSPS) is 27.7. The Bertz CT molecular complexity index is 451. The number of carbonyl (C=O) groups is 1. The molecule has 0 aromatic heterocycles. The van der Waals surface area contributed by atoms with E-state index in [-0.39, 0.29) is 12.4 Å². The van der Waals surface area contributed by atoms with Gasteiger partial charge in [-0.15, -0.1) is 12.4 Å². The zero-order chi connectivity index (χ0) is 11.8. The van der Waals surface area contributed by atoms with Gasteiger partial charge in [0.1, 0.15) is 5.78 Å². The van der Waals surface area contributed by atoms with E-state index in [1.807, 2.05) is 6.07 Å². The first-order valence-corrected chi connectivity index (χ1v) is 7.07. The minimum absolute atomic E-state index is 0. The molecule has 0 unspecified atom stereocenters. The van der Waals surface area contributed by atoms with E-state index in [9.17, 15) is 4.79 Å². The number of benzene rings is 1. The molecular formula is C14H17BrClNO. The Morgan fingerprint density at radius 1 is 1.22 bits per heavy atom. The fourth-order valence-corrected chi connectivity index (χ4v) is 3.75.